The molecule has 0 radical (unpaired) electrons. The first kappa shape index (κ1) is 23.7. The van der Waals surface area contributed by atoms with Gasteiger partial charge in [-0.1, -0.05) is 29.5 Å². The molecule has 3 heterocycles. The number of urea groups is 1. The first-order valence-electron chi connectivity index (χ1n) is 11.1. The number of hydrogen-bond donors (Lipinski definition) is 0. The first-order valence-corrected chi connectivity index (χ1v) is 11.9. The lowest BCUT2D eigenvalue weighted by Crippen LogP contribution is -2.35. The van der Waals surface area contributed by atoms with Crippen LogP contribution in [0.3, 0.4) is 0 Å². The Bertz CT molecular complexity index is 1180. The van der Waals surface area contributed by atoms with Gasteiger partial charge in [-0.2, -0.15) is 0 Å². The highest BCUT2D eigenvalue weighted by Gasteiger charge is 2.33. The summed E-state index contributed by atoms with van der Waals surface area (Å²) in [5.74, 6) is -0.376. The minimum absolute atomic E-state index is 0.00965. The molecule has 0 bridgehead atoms. The molecular weight excluding hydrogens is 455 g/mol. The number of halogens is 1. The summed E-state index contributed by atoms with van der Waals surface area (Å²) in [5, 5.41) is 0.480. The Balaban J connectivity index is 1.31. The lowest BCUT2D eigenvalue weighted by molar-refractivity contribution is -0.119. The van der Waals surface area contributed by atoms with Gasteiger partial charge in [0.15, 0.2) is 16.7 Å². The predicted octanol–water partition coefficient (Wildman–Crippen LogP) is 4.25. The fraction of sp³-hybridized carbons (Fsp3) is 0.320. The number of thiazole rings is 1. The number of pyridine rings is 1. The normalized spacial score (nSPS) is 13.5. The summed E-state index contributed by atoms with van der Waals surface area (Å²) in [6.45, 7) is 2.64. The standard InChI is InChI=1S/C25H25FN4O3S/c1-17-23(22(32)11-7-19-3-2-12-27-15-19)34-24(28-17)30-14-13-29(25(30)33)16-21(31)10-6-18-4-8-20(26)9-5-18/h2-5,8-9,12,15H,6-7,10-11,13-14,16H2,1H3. The predicted molar refractivity (Wildman–Crippen MR) is 128 cm³/mol. The molecule has 34 heavy (non-hydrogen) atoms. The number of ketones is 2. The Kier molecular flexibility index (Phi) is 7.42. The van der Waals surface area contributed by atoms with Crippen molar-refractivity contribution in [3.8, 4) is 0 Å². The quantitative estimate of drug-likeness (QED) is 0.405. The van der Waals surface area contributed by atoms with Crippen molar-refractivity contribution in [2.75, 3.05) is 24.5 Å². The molecule has 1 aliphatic rings. The highest BCUT2D eigenvalue weighted by Crippen LogP contribution is 2.30. The minimum Gasteiger partial charge on any atom is -0.315 e. The zero-order valence-corrected chi connectivity index (χ0v) is 19.7. The maximum absolute atomic E-state index is 13.0. The molecule has 0 unspecified atom stereocenters. The lowest BCUT2D eigenvalue weighted by Gasteiger charge is -2.16. The van der Waals surface area contributed by atoms with Crippen molar-refractivity contribution in [1.29, 1.82) is 0 Å². The molecule has 1 saturated heterocycles. The third-order valence-corrected chi connectivity index (χ3v) is 6.92. The molecule has 7 nitrogen and oxygen atoms in total. The number of aryl methyl sites for hydroxylation is 3. The molecule has 0 spiro atoms. The van der Waals surface area contributed by atoms with E-state index in [1.807, 2.05) is 12.1 Å². The Morgan fingerprint density at radius 1 is 1.06 bits per heavy atom. The number of carbonyl (C=O) groups is 3. The maximum Gasteiger partial charge on any atom is 0.326 e. The van der Waals surface area contributed by atoms with Crippen LogP contribution in [0.5, 0.6) is 0 Å². The zero-order valence-electron chi connectivity index (χ0n) is 18.9. The van der Waals surface area contributed by atoms with E-state index in [1.165, 1.54) is 33.3 Å². The number of anilines is 1. The van der Waals surface area contributed by atoms with Gasteiger partial charge in [-0.15, -0.1) is 0 Å². The second-order valence-corrected chi connectivity index (χ2v) is 9.19. The van der Waals surface area contributed by atoms with Gasteiger partial charge < -0.3 is 4.90 Å². The number of nitrogens with zero attached hydrogens (tertiary/aromatic N) is 4. The van der Waals surface area contributed by atoms with Gasteiger partial charge >= 0.3 is 6.03 Å². The van der Waals surface area contributed by atoms with Gasteiger partial charge in [0.2, 0.25) is 0 Å². The highest BCUT2D eigenvalue weighted by molar-refractivity contribution is 7.17. The van der Waals surface area contributed by atoms with Crippen molar-refractivity contribution in [3.63, 3.8) is 0 Å². The fourth-order valence-corrected chi connectivity index (χ4v) is 4.86. The Morgan fingerprint density at radius 2 is 1.82 bits per heavy atom. The van der Waals surface area contributed by atoms with Gasteiger partial charge in [0.1, 0.15) is 5.82 Å². The molecule has 2 aromatic heterocycles. The monoisotopic (exact) mass is 480 g/mol. The summed E-state index contributed by atoms with van der Waals surface area (Å²) in [6, 6.07) is 9.55. The molecule has 176 valence electrons. The van der Waals surface area contributed by atoms with Crippen LogP contribution in [-0.4, -0.2) is 52.1 Å². The van der Waals surface area contributed by atoms with Gasteiger partial charge in [-0.05, 0) is 49.1 Å². The van der Waals surface area contributed by atoms with Crippen LogP contribution in [0.2, 0.25) is 0 Å². The molecule has 1 fully saturated rings. The van der Waals surface area contributed by atoms with Crippen molar-refractivity contribution >= 4 is 34.1 Å². The zero-order chi connectivity index (χ0) is 24.1. The van der Waals surface area contributed by atoms with Crippen molar-refractivity contribution in [2.24, 2.45) is 0 Å². The molecule has 0 saturated carbocycles. The average Bonchev–Trinajstić information content (AvgIpc) is 3.40. The van der Waals surface area contributed by atoms with Crippen LogP contribution in [0, 0.1) is 12.7 Å². The van der Waals surface area contributed by atoms with Crippen LogP contribution in [0.4, 0.5) is 14.3 Å². The van der Waals surface area contributed by atoms with E-state index in [1.54, 1.807) is 31.5 Å². The Morgan fingerprint density at radius 3 is 2.56 bits per heavy atom. The first-order chi connectivity index (χ1) is 16.4. The van der Waals surface area contributed by atoms with Crippen LogP contribution in [-0.2, 0) is 17.6 Å². The number of carbonyl (C=O) groups excluding carboxylic acids is 3. The maximum atomic E-state index is 13.0. The fourth-order valence-electron chi connectivity index (χ4n) is 3.81. The highest BCUT2D eigenvalue weighted by atomic mass is 32.1. The minimum atomic E-state index is -0.311. The van der Waals surface area contributed by atoms with E-state index in [0.29, 0.717) is 48.1 Å². The van der Waals surface area contributed by atoms with Gasteiger partial charge in [0, 0.05) is 38.3 Å². The van der Waals surface area contributed by atoms with Crippen LogP contribution < -0.4 is 4.90 Å². The number of amides is 2. The average molecular weight is 481 g/mol. The molecule has 9 heteroatoms. The van der Waals surface area contributed by atoms with E-state index in [4.69, 9.17) is 0 Å². The molecular formula is C25H25FN4O3S. The summed E-state index contributed by atoms with van der Waals surface area (Å²) in [4.78, 5) is 50.2. The van der Waals surface area contributed by atoms with Gasteiger partial charge in [0.25, 0.3) is 0 Å². The number of aromatic nitrogens is 2. The molecule has 2 amide bonds. The summed E-state index contributed by atoms with van der Waals surface area (Å²) in [5.41, 5.74) is 2.48. The summed E-state index contributed by atoms with van der Waals surface area (Å²) < 4.78 is 13.0. The van der Waals surface area contributed by atoms with Gasteiger partial charge in [-0.3, -0.25) is 19.5 Å². The number of rotatable bonds is 10. The van der Waals surface area contributed by atoms with Crippen LogP contribution in [0.25, 0.3) is 0 Å². The van der Waals surface area contributed by atoms with E-state index >= 15 is 0 Å². The molecule has 1 aliphatic heterocycles. The summed E-state index contributed by atoms with van der Waals surface area (Å²) in [7, 11) is 0. The Labute approximate surface area is 201 Å². The molecule has 3 aromatic rings. The smallest absolute Gasteiger partial charge is 0.315 e. The molecule has 0 N–H and O–H groups in total. The molecule has 1 aromatic carbocycles. The van der Waals surface area contributed by atoms with Crippen molar-refractivity contribution in [1.82, 2.24) is 14.9 Å². The summed E-state index contributed by atoms with van der Waals surface area (Å²) in [6.07, 6.45) is 5.16. The van der Waals surface area contributed by atoms with Gasteiger partial charge in [-0.25, -0.2) is 14.2 Å². The van der Waals surface area contributed by atoms with Gasteiger partial charge in [0.05, 0.1) is 17.1 Å². The third kappa shape index (κ3) is 5.72. The topological polar surface area (TPSA) is 83.5 Å². The summed E-state index contributed by atoms with van der Waals surface area (Å²) >= 11 is 1.22. The van der Waals surface area contributed by atoms with E-state index in [-0.39, 0.29) is 36.4 Å². The number of hydrogen-bond acceptors (Lipinski definition) is 6. The number of Topliss-reactive ketones (excluding diaryl/α,β-unsaturated/α-hetero) is 2. The molecule has 0 aliphatic carbocycles. The molecule has 0 atom stereocenters. The van der Waals surface area contributed by atoms with Crippen LogP contribution in [0.15, 0.2) is 48.8 Å². The van der Waals surface area contributed by atoms with Crippen molar-refractivity contribution in [2.45, 2.75) is 32.6 Å². The van der Waals surface area contributed by atoms with Crippen LogP contribution >= 0.6 is 11.3 Å². The second-order valence-electron chi connectivity index (χ2n) is 8.22. The van der Waals surface area contributed by atoms with Crippen molar-refractivity contribution < 1.29 is 18.8 Å². The van der Waals surface area contributed by atoms with E-state index < -0.39 is 0 Å². The lowest BCUT2D eigenvalue weighted by atomic mass is 10.1. The molecule has 4 rings (SSSR count). The number of benzene rings is 1. The third-order valence-electron chi connectivity index (χ3n) is 5.70. The second kappa shape index (κ2) is 10.6. The van der Waals surface area contributed by atoms with E-state index in [0.717, 1.165) is 11.1 Å². The van der Waals surface area contributed by atoms with E-state index in [9.17, 15) is 18.8 Å². The SMILES string of the molecule is Cc1nc(N2CCN(CC(=O)CCc3ccc(F)cc3)C2=O)sc1C(=O)CCc1cccnc1. The largest absolute Gasteiger partial charge is 0.326 e. The Hall–Kier alpha value is -3.46. The van der Waals surface area contributed by atoms with Crippen LogP contribution in [0.1, 0.15) is 39.3 Å². The van der Waals surface area contributed by atoms with Crippen molar-refractivity contribution in [3.05, 3.63) is 76.3 Å². The van der Waals surface area contributed by atoms with E-state index in [2.05, 4.69) is 9.97 Å².